The molecule has 1 N–H and O–H groups in total. The van der Waals surface area contributed by atoms with E-state index in [4.69, 9.17) is 13.8 Å². The number of carbonyl (C=O) groups is 2. The number of esters is 1. The molecule has 0 fully saturated rings. The van der Waals surface area contributed by atoms with E-state index in [2.05, 4.69) is 74.7 Å². The summed E-state index contributed by atoms with van der Waals surface area (Å²) in [5.74, 6) is -0.566. The van der Waals surface area contributed by atoms with E-state index in [0.29, 0.717) is 23.9 Å². The lowest BCUT2D eigenvalue weighted by Gasteiger charge is -2.30. The quantitative estimate of drug-likeness (QED) is 0.0212. The largest absolute Gasteiger partial charge is 0.756 e. The molecule has 0 heterocycles. The summed E-state index contributed by atoms with van der Waals surface area (Å²) in [5, 5.41) is 3.03. The van der Waals surface area contributed by atoms with Gasteiger partial charge in [-0.2, -0.15) is 0 Å². The molecule has 0 aliphatic carbocycles. The van der Waals surface area contributed by atoms with Gasteiger partial charge in [-0.3, -0.25) is 14.2 Å². The van der Waals surface area contributed by atoms with Gasteiger partial charge in [-0.05, 0) is 76.7 Å². The Kier molecular flexibility index (Phi) is 55.3. The van der Waals surface area contributed by atoms with Crippen LogP contribution in [0.3, 0.4) is 0 Å². The normalized spacial score (nSPS) is 14.0. The number of unbranched alkanes of at least 4 members (excludes halogenated alkanes) is 35. The van der Waals surface area contributed by atoms with Crippen LogP contribution in [-0.2, 0) is 27.9 Å². The predicted octanol–water partition coefficient (Wildman–Crippen LogP) is 19.6. The molecule has 0 rings (SSSR count). The number of allylic oxidation sites excluding steroid dienone is 9. The minimum absolute atomic E-state index is 0.0274. The first-order chi connectivity index (χ1) is 37.4. The number of phosphoric ester groups is 1. The molecule has 9 nitrogen and oxygen atoms in total. The Hall–Kier alpha value is -2.29. The molecular weight excluding hydrogens is 976 g/mol. The van der Waals surface area contributed by atoms with Gasteiger partial charge in [-0.15, -0.1) is 0 Å². The zero-order chi connectivity index (χ0) is 56.4. The molecule has 0 saturated heterocycles. The summed E-state index contributed by atoms with van der Waals surface area (Å²) < 4.78 is 30.3. The van der Waals surface area contributed by atoms with Crippen molar-refractivity contribution in [2.45, 2.75) is 315 Å². The zero-order valence-electron chi connectivity index (χ0n) is 51.4. The summed E-state index contributed by atoms with van der Waals surface area (Å²) >= 11 is 0. The molecule has 10 heteroatoms. The van der Waals surface area contributed by atoms with Crippen molar-refractivity contribution >= 4 is 19.7 Å². The zero-order valence-corrected chi connectivity index (χ0v) is 52.3. The maximum atomic E-state index is 13.6. The maximum Gasteiger partial charge on any atom is 0.306 e. The molecule has 0 bridgehead atoms. The fourth-order valence-electron chi connectivity index (χ4n) is 9.39. The van der Waals surface area contributed by atoms with Gasteiger partial charge in [0.15, 0.2) is 0 Å². The summed E-state index contributed by atoms with van der Waals surface area (Å²) in [7, 11) is 1.17. The average molecular weight is 1100 g/mol. The van der Waals surface area contributed by atoms with E-state index in [1.54, 1.807) is 0 Å². The molecule has 0 radical (unpaired) electrons. The number of hydrogen-bond donors (Lipinski definition) is 1. The van der Waals surface area contributed by atoms with Crippen LogP contribution in [0.4, 0.5) is 0 Å². The van der Waals surface area contributed by atoms with Gasteiger partial charge in [0.25, 0.3) is 7.82 Å². The SMILES string of the molecule is CCCCC/C=C\C/C=C\C/C=C\C/C=C\CCCCCC(=O)OC(/C=C/CCCCCCCCCCCCC)C(COP(=O)([O-])OCC[N+](C)(C)C)NC(=O)CCCCCCCCCCCCCCCCCCCCC. The minimum atomic E-state index is -4.71. The minimum Gasteiger partial charge on any atom is -0.756 e. The monoisotopic (exact) mass is 1100 g/mol. The second kappa shape index (κ2) is 57.0. The molecule has 3 unspecified atom stereocenters. The lowest BCUT2D eigenvalue weighted by Crippen LogP contribution is -2.47. The van der Waals surface area contributed by atoms with Crippen LogP contribution in [0.25, 0.3) is 0 Å². The number of carbonyl (C=O) groups excluding carboxylic acids is 2. The van der Waals surface area contributed by atoms with Gasteiger partial charge in [0.05, 0.1) is 33.8 Å². The molecule has 450 valence electrons. The van der Waals surface area contributed by atoms with Crippen molar-refractivity contribution in [1.82, 2.24) is 5.32 Å². The smallest absolute Gasteiger partial charge is 0.306 e. The van der Waals surface area contributed by atoms with E-state index in [1.807, 2.05) is 33.3 Å². The van der Waals surface area contributed by atoms with Crippen molar-refractivity contribution in [2.75, 3.05) is 40.9 Å². The second-order valence-corrected chi connectivity index (χ2v) is 24.7. The number of ether oxygens (including phenoxy) is 1. The topological polar surface area (TPSA) is 114 Å². The van der Waals surface area contributed by atoms with Crippen molar-refractivity contribution < 1.29 is 37.3 Å². The van der Waals surface area contributed by atoms with Crippen molar-refractivity contribution in [3.63, 3.8) is 0 Å². The lowest BCUT2D eigenvalue weighted by atomic mass is 10.0. The van der Waals surface area contributed by atoms with E-state index in [1.165, 1.54) is 186 Å². The van der Waals surface area contributed by atoms with Gasteiger partial charge < -0.3 is 28.5 Å². The van der Waals surface area contributed by atoms with Crippen molar-refractivity contribution in [3.8, 4) is 0 Å². The first kappa shape index (κ1) is 74.7. The van der Waals surface area contributed by atoms with E-state index < -0.39 is 26.6 Å². The van der Waals surface area contributed by atoms with E-state index in [0.717, 1.165) is 77.0 Å². The van der Waals surface area contributed by atoms with Crippen LogP contribution >= 0.6 is 7.82 Å². The Bertz CT molecular complexity index is 1500. The van der Waals surface area contributed by atoms with Gasteiger partial charge in [0, 0.05) is 12.8 Å². The van der Waals surface area contributed by atoms with Crippen LogP contribution < -0.4 is 10.2 Å². The average Bonchev–Trinajstić information content (AvgIpc) is 3.39. The summed E-state index contributed by atoms with van der Waals surface area (Å²) in [6.07, 6.45) is 71.8. The number of likely N-dealkylation sites (N-methyl/N-ethyl adjacent to an activating group) is 1. The van der Waals surface area contributed by atoms with Crippen LogP contribution in [0.5, 0.6) is 0 Å². The lowest BCUT2D eigenvalue weighted by molar-refractivity contribution is -0.870. The molecule has 0 aliphatic rings. The van der Waals surface area contributed by atoms with E-state index in [-0.39, 0.29) is 24.9 Å². The highest BCUT2D eigenvalue weighted by Crippen LogP contribution is 2.38. The highest BCUT2D eigenvalue weighted by molar-refractivity contribution is 7.45. The highest BCUT2D eigenvalue weighted by Gasteiger charge is 2.27. The molecule has 0 aliphatic heterocycles. The predicted molar refractivity (Wildman–Crippen MR) is 330 cm³/mol. The highest BCUT2D eigenvalue weighted by atomic mass is 31.2. The van der Waals surface area contributed by atoms with Gasteiger partial charge >= 0.3 is 5.97 Å². The number of amides is 1. The third-order valence-electron chi connectivity index (χ3n) is 14.5. The van der Waals surface area contributed by atoms with Crippen LogP contribution in [0.15, 0.2) is 60.8 Å². The number of nitrogens with one attached hydrogen (secondary N) is 1. The summed E-state index contributed by atoms with van der Waals surface area (Å²) in [6.45, 7) is 6.83. The van der Waals surface area contributed by atoms with Crippen LogP contribution in [-0.4, -0.2) is 69.4 Å². The van der Waals surface area contributed by atoms with Gasteiger partial charge in [0.1, 0.15) is 19.3 Å². The van der Waals surface area contributed by atoms with Crippen molar-refractivity contribution in [3.05, 3.63) is 60.8 Å². The number of quaternary nitrogens is 1. The standard InChI is InChI=1S/C67H125N2O7P/c1-7-10-13-16-19-22-25-28-30-32-34-36-38-41-44-47-50-53-56-59-66(70)68-64(63-75-77(72,73)74-62-61-69(4,5)6)65(58-55-52-49-46-43-40-27-24-21-18-15-12-9-3)76-67(71)60-57-54-51-48-45-42-39-37-35-33-31-29-26-23-20-17-14-11-8-2/h20,23,29,31,35,37,42,45,55,58,64-65H,7-19,21-22,24-28,30,32-34,36,38-41,43-44,46-54,56-57,59-63H2,1-6H3,(H-,68,70,72,73)/b23-20-,31-29-,37-35-,45-42-,58-55+. The van der Waals surface area contributed by atoms with Gasteiger partial charge in [-0.25, -0.2) is 0 Å². The Balaban J connectivity index is 5.29. The molecule has 0 saturated carbocycles. The summed E-state index contributed by atoms with van der Waals surface area (Å²) in [4.78, 5) is 40.1. The number of nitrogens with zero attached hydrogens (tertiary/aromatic N) is 1. The Morgan fingerprint density at radius 1 is 0.455 bits per heavy atom. The first-order valence-corrected chi connectivity index (χ1v) is 34.1. The molecule has 0 aromatic carbocycles. The van der Waals surface area contributed by atoms with Gasteiger partial charge in [0.2, 0.25) is 5.91 Å². The summed E-state index contributed by atoms with van der Waals surface area (Å²) in [6, 6.07) is -0.901. The molecular formula is C67H125N2O7P. The molecule has 0 aromatic heterocycles. The Morgan fingerprint density at radius 2 is 0.792 bits per heavy atom. The first-order valence-electron chi connectivity index (χ1n) is 32.6. The van der Waals surface area contributed by atoms with Gasteiger partial charge in [-0.1, -0.05) is 275 Å². The molecule has 0 spiro atoms. The third-order valence-corrected chi connectivity index (χ3v) is 15.4. The Morgan fingerprint density at radius 3 is 1.22 bits per heavy atom. The van der Waals surface area contributed by atoms with Crippen LogP contribution in [0.2, 0.25) is 0 Å². The molecule has 77 heavy (non-hydrogen) atoms. The third kappa shape index (κ3) is 58.2. The second-order valence-electron chi connectivity index (χ2n) is 23.3. The van der Waals surface area contributed by atoms with E-state index in [9.17, 15) is 19.0 Å². The molecule has 3 atom stereocenters. The van der Waals surface area contributed by atoms with Crippen molar-refractivity contribution in [2.24, 2.45) is 0 Å². The molecule has 1 amide bonds. The maximum absolute atomic E-state index is 13.6. The number of phosphoric acid groups is 1. The van der Waals surface area contributed by atoms with Crippen LogP contribution in [0.1, 0.15) is 303 Å². The van der Waals surface area contributed by atoms with Crippen molar-refractivity contribution in [1.29, 1.82) is 0 Å². The Labute approximate surface area is 477 Å². The number of hydrogen-bond acceptors (Lipinski definition) is 7. The fraction of sp³-hybridized carbons (Fsp3) is 0.821. The molecule has 0 aromatic rings. The fourth-order valence-corrected chi connectivity index (χ4v) is 10.1. The van der Waals surface area contributed by atoms with E-state index >= 15 is 0 Å². The van der Waals surface area contributed by atoms with Crippen LogP contribution in [0, 0.1) is 0 Å². The summed E-state index contributed by atoms with van der Waals surface area (Å²) in [5.41, 5.74) is 0. The number of rotatable bonds is 59.